The fourth-order valence-corrected chi connectivity index (χ4v) is 3.01. The minimum atomic E-state index is -4.34. The second-order valence-electron chi connectivity index (χ2n) is 5.03. The van der Waals surface area contributed by atoms with Gasteiger partial charge in [0.05, 0.1) is 17.9 Å². The summed E-state index contributed by atoms with van der Waals surface area (Å²) >= 11 is 0. The lowest BCUT2D eigenvalue weighted by Crippen LogP contribution is -2.37. The molecule has 21 heavy (non-hydrogen) atoms. The summed E-state index contributed by atoms with van der Waals surface area (Å²) in [5, 5.41) is 0. The normalized spacial score (nSPS) is 18.0. The molecule has 0 spiro atoms. The van der Waals surface area contributed by atoms with Crippen molar-refractivity contribution in [2.45, 2.75) is 25.1 Å². The lowest BCUT2D eigenvalue weighted by atomic mass is 10.1. The van der Waals surface area contributed by atoms with Crippen LogP contribution in [0.5, 0.6) is 0 Å². The Morgan fingerprint density at radius 2 is 1.67 bits per heavy atom. The summed E-state index contributed by atoms with van der Waals surface area (Å²) in [6, 6.07) is 4.96. The van der Waals surface area contributed by atoms with Crippen LogP contribution in [0, 0.1) is 0 Å². The first-order valence-electron chi connectivity index (χ1n) is 6.45. The topological polar surface area (TPSA) is 46.6 Å². The van der Waals surface area contributed by atoms with Crippen LogP contribution < -0.4 is 4.90 Å². The van der Waals surface area contributed by atoms with Gasteiger partial charge in [0, 0.05) is 18.8 Å². The minimum absolute atomic E-state index is 0.356. The molecule has 1 saturated heterocycles. The highest BCUT2D eigenvalue weighted by molar-refractivity contribution is 7.86. The van der Waals surface area contributed by atoms with Crippen LogP contribution in [0.25, 0.3) is 0 Å². The van der Waals surface area contributed by atoms with Crippen molar-refractivity contribution < 1.29 is 25.8 Å². The molecule has 1 aromatic rings. The van der Waals surface area contributed by atoms with Crippen LogP contribution in [0.3, 0.4) is 0 Å². The van der Waals surface area contributed by atoms with Crippen LogP contribution in [0.2, 0.25) is 0 Å². The maximum atomic E-state index is 12.5. The first-order chi connectivity index (χ1) is 9.65. The smallest absolute Gasteiger partial charge is 0.371 e. The largest absolute Gasteiger partial charge is 0.416 e. The fraction of sp³-hybridized carbons (Fsp3) is 0.538. The van der Waals surface area contributed by atoms with Gasteiger partial charge in [-0.25, -0.2) is 0 Å². The molecule has 1 heterocycles. The summed E-state index contributed by atoms with van der Waals surface area (Å²) in [6.07, 6.45) is -2.64. The van der Waals surface area contributed by atoms with Crippen molar-refractivity contribution in [1.82, 2.24) is 0 Å². The molecule has 0 radical (unpaired) electrons. The van der Waals surface area contributed by atoms with Crippen LogP contribution in [0.15, 0.2) is 24.3 Å². The molecule has 0 aromatic heterocycles. The Bertz CT molecular complexity index is 576. The van der Waals surface area contributed by atoms with Gasteiger partial charge in [0.25, 0.3) is 10.1 Å². The molecular formula is C13H16F3NO3S. The molecule has 1 aliphatic heterocycles. The van der Waals surface area contributed by atoms with E-state index in [0.29, 0.717) is 31.6 Å². The summed E-state index contributed by atoms with van der Waals surface area (Å²) in [5.74, 6) is 0. The Balaban J connectivity index is 1.96. The Labute approximate surface area is 121 Å². The van der Waals surface area contributed by atoms with Gasteiger partial charge in [-0.1, -0.05) is 0 Å². The molecule has 118 valence electrons. The monoisotopic (exact) mass is 323 g/mol. The summed E-state index contributed by atoms with van der Waals surface area (Å²) in [4.78, 5) is 1.92. The third kappa shape index (κ3) is 4.60. The molecule has 0 atom stereocenters. The Morgan fingerprint density at radius 1 is 1.14 bits per heavy atom. The Kier molecular flexibility index (Phi) is 4.48. The van der Waals surface area contributed by atoms with Gasteiger partial charge in [0.2, 0.25) is 0 Å². The van der Waals surface area contributed by atoms with Crippen LogP contribution in [0.1, 0.15) is 18.4 Å². The van der Waals surface area contributed by atoms with E-state index in [1.807, 2.05) is 4.90 Å². The molecule has 1 aromatic carbocycles. The van der Waals surface area contributed by atoms with Crippen LogP contribution in [0.4, 0.5) is 18.9 Å². The lowest BCUT2D eigenvalue weighted by Gasteiger charge is -2.33. The number of hydrogen-bond donors (Lipinski definition) is 0. The Morgan fingerprint density at radius 3 is 2.10 bits per heavy atom. The van der Waals surface area contributed by atoms with E-state index in [9.17, 15) is 21.6 Å². The van der Waals surface area contributed by atoms with E-state index in [1.54, 1.807) is 0 Å². The number of hydrogen-bond acceptors (Lipinski definition) is 4. The predicted molar refractivity (Wildman–Crippen MR) is 72.6 cm³/mol. The van der Waals surface area contributed by atoms with Crippen molar-refractivity contribution in [2.24, 2.45) is 0 Å². The van der Waals surface area contributed by atoms with E-state index >= 15 is 0 Å². The van der Waals surface area contributed by atoms with Crippen LogP contribution >= 0.6 is 0 Å². The van der Waals surface area contributed by atoms with Gasteiger partial charge in [-0.05, 0) is 37.1 Å². The van der Waals surface area contributed by atoms with Crippen molar-refractivity contribution in [2.75, 3.05) is 24.2 Å². The molecule has 0 amide bonds. The van der Waals surface area contributed by atoms with Gasteiger partial charge in [0.15, 0.2) is 0 Å². The third-order valence-corrected chi connectivity index (χ3v) is 3.93. The van der Waals surface area contributed by atoms with E-state index in [4.69, 9.17) is 4.18 Å². The van der Waals surface area contributed by atoms with Crippen molar-refractivity contribution in [3.05, 3.63) is 29.8 Å². The average Bonchev–Trinajstić information content (AvgIpc) is 2.37. The average molecular weight is 323 g/mol. The van der Waals surface area contributed by atoms with Crippen molar-refractivity contribution in [3.63, 3.8) is 0 Å². The van der Waals surface area contributed by atoms with E-state index < -0.39 is 21.9 Å². The SMILES string of the molecule is CS(=O)(=O)OC1CCN(c2ccc(C(F)(F)F)cc2)CC1. The molecule has 0 N–H and O–H groups in total. The predicted octanol–water partition coefficient (Wildman–Crippen LogP) is 2.65. The number of benzene rings is 1. The fourth-order valence-electron chi connectivity index (χ4n) is 2.32. The molecule has 0 aliphatic carbocycles. The molecule has 1 aliphatic rings. The van der Waals surface area contributed by atoms with E-state index in [2.05, 4.69) is 0 Å². The summed E-state index contributed by atoms with van der Waals surface area (Å²) in [7, 11) is -3.47. The second-order valence-corrected chi connectivity index (χ2v) is 6.63. The van der Waals surface area contributed by atoms with Crippen molar-refractivity contribution >= 4 is 15.8 Å². The number of halogens is 3. The number of anilines is 1. The first-order valence-corrected chi connectivity index (χ1v) is 8.27. The van der Waals surface area contributed by atoms with Crippen LogP contribution in [-0.2, 0) is 20.5 Å². The van der Waals surface area contributed by atoms with Gasteiger partial charge in [-0.2, -0.15) is 21.6 Å². The summed E-state index contributed by atoms with van der Waals surface area (Å²) < 4.78 is 64.5. The van der Waals surface area contributed by atoms with Crippen LogP contribution in [-0.4, -0.2) is 33.9 Å². The zero-order valence-electron chi connectivity index (χ0n) is 11.4. The van der Waals surface area contributed by atoms with E-state index in [1.165, 1.54) is 12.1 Å². The highest BCUT2D eigenvalue weighted by Gasteiger charge is 2.30. The number of rotatable bonds is 3. The van der Waals surface area contributed by atoms with E-state index in [0.717, 1.165) is 18.4 Å². The number of alkyl halides is 3. The standard InChI is InChI=1S/C13H16F3NO3S/c1-21(18,19)20-12-6-8-17(9-7-12)11-4-2-10(3-5-11)13(14,15)16/h2-5,12H,6-9H2,1H3. The molecule has 4 nitrogen and oxygen atoms in total. The molecule has 0 unspecified atom stereocenters. The second kappa shape index (κ2) is 5.84. The van der Waals surface area contributed by atoms with Gasteiger partial charge in [-0.3, -0.25) is 4.18 Å². The lowest BCUT2D eigenvalue weighted by molar-refractivity contribution is -0.137. The highest BCUT2D eigenvalue weighted by atomic mass is 32.2. The van der Waals surface area contributed by atoms with Gasteiger partial charge in [-0.15, -0.1) is 0 Å². The maximum absolute atomic E-state index is 12.5. The van der Waals surface area contributed by atoms with Gasteiger partial charge < -0.3 is 4.90 Å². The van der Waals surface area contributed by atoms with E-state index in [-0.39, 0.29) is 6.10 Å². The van der Waals surface area contributed by atoms with Crippen molar-refractivity contribution in [3.8, 4) is 0 Å². The molecule has 8 heteroatoms. The van der Waals surface area contributed by atoms with Gasteiger partial charge >= 0.3 is 6.18 Å². The van der Waals surface area contributed by atoms with Gasteiger partial charge in [0.1, 0.15) is 0 Å². The number of nitrogens with zero attached hydrogens (tertiary/aromatic N) is 1. The zero-order chi connectivity index (χ0) is 15.7. The molecular weight excluding hydrogens is 307 g/mol. The minimum Gasteiger partial charge on any atom is -0.371 e. The molecule has 0 bridgehead atoms. The quantitative estimate of drug-likeness (QED) is 0.802. The molecule has 1 fully saturated rings. The maximum Gasteiger partial charge on any atom is 0.416 e. The third-order valence-electron chi connectivity index (χ3n) is 3.31. The Hall–Kier alpha value is -1.28. The molecule has 2 rings (SSSR count). The van der Waals surface area contributed by atoms with Crippen molar-refractivity contribution in [1.29, 1.82) is 0 Å². The first kappa shape index (κ1) is 16.1. The highest BCUT2D eigenvalue weighted by Crippen LogP contribution is 2.31. The molecule has 0 saturated carbocycles. The number of piperidine rings is 1. The summed E-state index contributed by atoms with van der Waals surface area (Å²) in [6.45, 7) is 1.09. The summed E-state index contributed by atoms with van der Waals surface area (Å²) in [5.41, 5.74) is 0.0161. The zero-order valence-corrected chi connectivity index (χ0v) is 12.2.